The van der Waals surface area contributed by atoms with E-state index in [1.807, 2.05) is 43.2 Å². The van der Waals surface area contributed by atoms with Crippen molar-refractivity contribution in [2.45, 2.75) is 97.7 Å². The van der Waals surface area contributed by atoms with Gasteiger partial charge in [-0.2, -0.15) is 0 Å². The molecule has 0 aliphatic carbocycles. The van der Waals surface area contributed by atoms with Crippen LogP contribution in [0.15, 0.2) is 30.5 Å². The third-order valence-electron chi connectivity index (χ3n) is 8.55. The number of pyridine rings is 1. The Labute approximate surface area is 244 Å². The number of benzene rings is 1. The molecule has 8 heteroatoms. The molecule has 2 aliphatic rings. The summed E-state index contributed by atoms with van der Waals surface area (Å²) in [6.45, 7) is 22.4. The van der Waals surface area contributed by atoms with Crippen molar-refractivity contribution in [2.24, 2.45) is 0 Å². The number of hydrogen-bond acceptors (Lipinski definition) is 6. The van der Waals surface area contributed by atoms with Gasteiger partial charge in [0.05, 0.1) is 22.9 Å². The first kappa shape index (κ1) is 29.1. The fraction of sp³-hybridized carbons (Fsp3) is 0.562. The Hall–Kier alpha value is -2.42. The monoisotopic (exact) mass is 579 g/mol. The summed E-state index contributed by atoms with van der Waals surface area (Å²) in [4.78, 5) is 23.0. The van der Waals surface area contributed by atoms with Crippen LogP contribution in [0.5, 0.6) is 0 Å². The van der Waals surface area contributed by atoms with E-state index in [1.54, 1.807) is 0 Å². The van der Waals surface area contributed by atoms with E-state index in [0.29, 0.717) is 25.7 Å². The molecule has 6 nitrogen and oxygen atoms in total. The molecule has 0 unspecified atom stereocenters. The molecule has 40 heavy (non-hydrogen) atoms. The molecular formula is C32H45N3O3SSi. The van der Waals surface area contributed by atoms with Crippen molar-refractivity contribution in [1.82, 2.24) is 9.88 Å². The number of anilines is 1. The molecule has 1 fully saturated rings. The summed E-state index contributed by atoms with van der Waals surface area (Å²) in [7, 11) is -1.85. The summed E-state index contributed by atoms with van der Waals surface area (Å²) < 4.78 is 13.4. The number of rotatable bonds is 5. The number of aryl methyl sites for hydroxylation is 2. The van der Waals surface area contributed by atoms with Gasteiger partial charge in [0.25, 0.3) is 0 Å². The lowest BCUT2D eigenvalue weighted by atomic mass is 9.90. The average Bonchev–Trinajstić information content (AvgIpc) is 3.23. The van der Waals surface area contributed by atoms with Gasteiger partial charge in [-0.05, 0) is 82.4 Å². The summed E-state index contributed by atoms with van der Waals surface area (Å²) in [5.41, 5.74) is 7.08. The molecule has 4 heterocycles. The van der Waals surface area contributed by atoms with E-state index in [2.05, 4.69) is 70.0 Å². The van der Waals surface area contributed by atoms with Crippen molar-refractivity contribution in [2.75, 3.05) is 24.5 Å². The van der Waals surface area contributed by atoms with Crippen LogP contribution in [0.3, 0.4) is 0 Å². The van der Waals surface area contributed by atoms with Crippen LogP contribution < -0.4 is 4.90 Å². The fourth-order valence-corrected chi connectivity index (χ4v) is 7.48. The Balaban J connectivity index is 1.46. The molecule has 0 N–H and O–H groups in total. The van der Waals surface area contributed by atoms with Crippen LogP contribution in [0, 0.1) is 6.92 Å². The number of amides is 1. The third kappa shape index (κ3) is 5.81. The predicted molar refractivity (Wildman–Crippen MR) is 169 cm³/mol. The summed E-state index contributed by atoms with van der Waals surface area (Å²) in [6.07, 6.45) is 3.93. The van der Waals surface area contributed by atoms with E-state index < -0.39 is 13.9 Å². The maximum Gasteiger partial charge on any atom is 0.410 e. The van der Waals surface area contributed by atoms with Gasteiger partial charge in [-0.25, -0.2) is 4.79 Å². The number of nitrogens with zero attached hydrogens (tertiary/aromatic N) is 3. The lowest BCUT2D eigenvalue weighted by molar-refractivity contribution is 0.00802. The van der Waals surface area contributed by atoms with Gasteiger partial charge in [-0.15, -0.1) is 11.3 Å². The van der Waals surface area contributed by atoms with E-state index >= 15 is 0 Å². The Bertz CT molecular complexity index is 1410. The van der Waals surface area contributed by atoms with E-state index in [9.17, 15) is 4.79 Å². The Morgan fingerprint density at radius 1 is 1.10 bits per heavy atom. The van der Waals surface area contributed by atoms with Crippen LogP contribution in [0.1, 0.15) is 64.0 Å². The van der Waals surface area contributed by atoms with Gasteiger partial charge >= 0.3 is 6.09 Å². The lowest BCUT2D eigenvalue weighted by Gasteiger charge is -2.48. The van der Waals surface area contributed by atoms with Crippen molar-refractivity contribution in [3.63, 3.8) is 0 Å². The zero-order valence-corrected chi connectivity index (χ0v) is 27.5. The zero-order valence-electron chi connectivity index (χ0n) is 25.7. The first-order valence-corrected chi connectivity index (χ1v) is 18.3. The molecule has 0 atom stereocenters. The van der Waals surface area contributed by atoms with Crippen LogP contribution in [0.4, 0.5) is 10.5 Å². The van der Waals surface area contributed by atoms with Crippen molar-refractivity contribution in [1.29, 1.82) is 0 Å². The summed E-state index contributed by atoms with van der Waals surface area (Å²) in [5, 5.41) is 0.178. The number of carbonyl (C=O) groups excluding carboxylic acids is 1. The average molecular weight is 580 g/mol. The maximum atomic E-state index is 12.6. The minimum atomic E-state index is -1.85. The quantitative estimate of drug-likeness (QED) is 0.285. The molecule has 2 aliphatic heterocycles. The second kappa shape index (κ2) is 10.4. The van der Waals surface area contributed by atoms with E-state index in [-0.39, 0.29) is 11.1 Å². The van der Waals surface area contributed by atoms with Crippen LogP contribution in [0.2, 0.25) is 18.1 Å². The third-order valence-corrected chi connectivity index (χ3v) is 14.2. The lowest BCUT2D eigenvalue weighted by Crippen LogP contribution is -2.62. The number of carbonyl (C=O) groups is 1. The largest absolute Gasteiger partial charge is 0.444 e. The minimum Gasteiger partial charge on any atom is -0.444 e. The van der Waals surface area contributed by atoms with Crippen LogP contribution in [0.25, 0.3) is 21.3 Å². The van der Waals surface area contributed by atoms with Crippen molar-refractivity contribution < 1.29 is 14.0 Å². The number of likely N-dealkylation sites (tertiary alicyclic amines) is 1. The van der Waals surface area contributed by atoms with Crippen molar-refractivity contribution in [3.8, 4) is 11.1 Å². The number of thiophene rings is 1. The zero-order chi connectivity index (χ0) is 29.0. The van der Waals surface area contributed by atoms with Gasteiger partial charge in [0.2, 0.25) is 0 Å². The standard InChI is InChI=1S/C32H45N3O3SSi/c1-21-15-22-11-10-14-35(23-18-34(19-23)30(36)38-31(2,3)4)28(22)26(16-21)25-12-13-33-27-17-24(39-29(25)27)20-37-40(8,9)32(5,6)7/h12-13,15-17,23H,10-11,14,18-20H2,1-9H3. The summed E-state index contributed by atoms with van der Waals surface area (Å²) >= 11 is 1.81. The van der Waals surface area contributed by atoms with Gasteiger partial charge in [0.15, 0.2) is 8.32 Å². The second-order valence-electron chi connectivity index (χ2n) is 14.0. The highest BCUT2D eigenvalue weighted by molar-refractivity contribution is 7.19. The molecule has 0 saturated carbocycles. The molecule has 2 aromatic heterocycles. The summed E-state index contributed by atoms with van der Waals surface area (Å²) in [5.74, 6) is 0. The van der Waals surface area contributed by atoms with Crippen molar-refractivity contribution in [3.05, 3.63) is 46.5 Å². The number of fused-ring (bicyclic) bond motifs is 2. The number of aromatic nitrogens is 1. The highest BCUT2D eigenvalue weighted by atomic mass is 32.1. The minimum absolute atomic E-state index is 0.178. The van der Waals surface area contributed by atoms with E-state index in [0.717, 1.165) is 24.9 Å². The van der Waals surface area contributed by atoms with Gasteiger partial charge in [0.1, 0.15) is 5.60 Å². The normalized spacial score (nSPS) is 16.7. The molecule has 5 rings (SSSR count). The van der Waals surface area contributed by atoms with Gasteiger partial charge < -0.3 is 19.0 Å². The Morgan fingerprint density at radius 3 is 2.50 bits per heavy atom. The van der Waals surface area contributed by atoms with Crippen LogP contribution in [-0.2, 0) is 22.2 Å². The SMILES string of the molecule is Cc1cc2c(c(-c3ccnc4cc(CO[Si](C)(C)C(C)(C)C)sc34)c1)N(C1CN(C(=O)OC(C)(C)C)C1)CCC2. The van der Waals surface area contributed by atoms with Crippen LogP contribution >= 0.6 is 11.3 Å². The van der Waals surface area contributed by atoms with Crippen molar-refractivity contribution >= 4 is 41.7 Å². The Kier molecular flexibility index (Phi) is 7.59. The van der Waals surface area contributed by atoms with E-state index in [4.69, 9.17) is 14.1 Å². The molecule has 0 radical (unpaired) electrons. The highest BCUT2D eigenvalue weighted by Gasteiger charge is 2.40. The Morgan fingerprint density at radius 2 is 1.82 bits per heavy atom. The second-order valence-corrected chi connectivity index (χ2v) is 19.9. The fourth-order valence-electron chi connectivity index (χ4n) is 5.37. The number of hydrogen-bond donors (Lipinski definition) is 0. The molecule has 1 aromatic carbocycles. The molecule has 216 valence electrons. The van der Waals surface area contributed by atoms with Crippen LogP contribution in [-0.4, -0.2) is 55.6 Å². The van der Waals surface area contributed by atoms with Gasteiger partial charge in [0, 0.05) is 47.5 Å². The molecule has 3 aromatic rings. The molecule has 1 amide bonds. The smallest absolute Gasteiger partial charge is 0.410 e. The van der Waals surface area contributed by atoms with Gasteiger partial charge in [-0.3, -0.25) is 4.98 Å². The number of ether oxygens (including phenoxy) is 1. The molecular weight excluding hydrogens is 535 g/mol. The first-order valence-electron chi connectivity index (χ1n) is 14.5. The molecule has 0 bridgehead atoms. The summed E-state index contributed by atoms with van der Waals surface area (Å²) in [6, 6.07) is 9.36. The van der Waals surface area contributed by atoms with Gasteiger partial charge in [-0.1, -0.05) is 32.4 Å². The van der Waals surface area contributed by atoms with E-state index in [1.165, 1.54) is 37.5 Å². The topological polar surface area (TPSA) is 54.9 Å². The molecule has 1 saturated heterocycles. The highest BCUT2D eigenvalue weighted by Crippen LogP contribution is 2.45. The molecule has 0 spiro atoms. The first-order chi connectivity index (χ1) is 18.6. The predicted octanol–water partition coefficient (Wildman–Crippen LogP) is 8.17. The maximum absolute atomic E-state index is 12.6.